The van der Waals surface area contributed by atoms with Crippen molar-refractivity contribution >= 4 is 11.9 Å². The highest BCUT2D eigenvalue weighted by Crippen LogP contribution is 2.78. The molecule has 1 heterocycles. The van der Waals surface area contributed by atoms with Gasteiger partial charge < -0.3 is 14.6 Å². The Hall–Kier alpha value is -1.43. The van der Waals surface area contributed by atoms with Crippen LogP contribution >= 0.6 is 0 Å². The second-order valence-corrected chi connectivity index (χ2v) is 9.24. The summed E-state index contributed by atoms with van der Waals surface area (Å²) < 4.78 is 26.8. The van der Waals surface area contributed by atoms with Crippen LogP contribution in [0.4, 0.5) is 4.39 Å². The summed E-state index contributed by atoms with van der Waals surface area (Å²) in [7, 11) is 1.31. The van der Waals surface area contributed by atoms with Gasteiger partial charge >= 0.3 is 11.9 Å². The molecule has 0 radical (unpaired) electrons. The molecule has 0 aromatic heterocycles. The molecule has 142 valence electrons. The number of carbonyl (C=O) groups excluding carboxylic acids is 2. The largest absolute Gasteiger partial charge is 0.469 e. The standard InChI is InChI=1S/C20H25FO5/c1-9-10-4-5-11-19(8-10,15(9)21)13(16(23)25-3)14-18(2)12(22)6-7-20(11,14)26-17(18)24/h10-15,22H,1,4-8H2,2-3H3. The molecule has 4 aliphatic carbocycles. The molecule has 5 nitrogen and oxygen atoms in total. The quantitative estimate of drug-likeness (QED) is 0.570. The molecule has 9 atom stereocenters. The summed E-state index contributed by atoms with van der Waals surface area (Å²) in [5.74, 6) is -2.44. The lowest BCUT2D eigenvalue weighted by Gasteiger charge is -2.44. The zero-order chi connectivity index (χ0) is 18.6. The second kappa shape index (κ2) is 4.70. The van der Waals surface area contributed by atoms with E-state index in [4.69, 9.17) is 9.47 Å². The van der Waals surface area contributed by atoms with Crippen molar-refractivity contribution in [3.8, 4) is 0 Å². The van der Waals surface area contributed by atoms with Crippen LogP contribution < -0.4 is 0 Å². The van der Waals surface area contributed by atoms with Crippen molar-refractivity contribution in [3.63, 3.8) is 0 Å². The maximum atomic E-state index is 15.7. The number of hydrogen-bond donors (Lipinski definition) is 1. The molecule has 5 fully saturated rings. The number of ether oxygens (including phenoxy) is 2. The minimum Gasteiger partial charge on any atom is -0.469 e. The smallest absolute Gasteiger partial charge is 0.315 e. The Morgan fingerprint density at radius 1 is 1.38 bits per heavy atom. The van der Waals surface area contributed by atoms with Gasteiger partial charge in [-0.3, -0.25) is 9.59 Å². The number of methoxy groups -OCH3 is 1. The molecule has 9 unspecified atom stereocenters. The first kappa shape index (κ1) is 16.7. The Bertz CT molecular complexity index is 736. The first-order chi connectivity index (χ1) is 12.2. The Morgan fingerprint density at radius 2 is 2.12 bits per heavy atom. The Balaban J connectivity index is 1.78. The van der Waals surface area contributed by atoms with Crippen molar-refractivity contribution in [2.75, 3.05) is 7.11 Å². The van der Waals surface area contributed by atoms with E-state index >= 15 is 4.39 Å². The van der Waals surface area contributed by atoms with Crippen LogP contribution in [0.25, 0.3) is 0 Å². The molecule has 26 heavy (non-hydrogen) atoms. The molecule has 0 aromatic carbocycles. The lowest BCUT2D eigenvalue weighted by molar-refractivity contribution is -0.165. The van der Waals surface area contributed by atoms with E-state index in [0.717, 1.165) is 6.42 Å². The van der Waals surface area contributed by atoms with E-state index in [-0.39, 0.29) is 11.8 Å². The summed E-state index contributed by atoms with van der Waals surface area (Å²) in [4.78, 5) is 25.8. The number of esters is 2. The molecule has 4 bridgehead atoms. The zero-order valence-electron chi connectivity index (χ0n) is 15.2. The fraction of sp³-hybridized carbons (Fsp3) is 0.800. The lowest BCUT2D eigenvalue weighted by atomic mass is 9.59. The van der Waals surface area contributed by atoms with Gasteiger partial charge in [-0.25, -0.2) is 4.39 Å². The van der Waals surface area contributed by atoms with Gasteiger partial charge in [-0.1, -0.05) is 6.58 Å². The van der Waals surface area contributed by atoms with Crippen LogP contribution in [-0.2, 0) is 19.1 Å². The van der Waals surface area contributed by atoms with Crippen molar-refractivity contribution in [2.24, 2.45) is 34.5 Å². The van der Waals surface area contributed by atoms with Crippen molar-refractivity contribution in [1.82, 2.24) is 0 Å². The van der Waals surface area contributed by atoms with Gasteiger partial charge in [-0.2, -0.15) is 0 Å². The van der Waals surface area contributed by atoms with Crippen molar-refractivity contribution in [3.05, 3.63) is 12.2 Å². The Labute approximate surface area is 151 Å². The van der Waals surface area contributed by atoms with E-state index in [1.165, 1.54) is 7.11 Å². The van der Waals surface area contributed by atoms with Crippen LogP contribution in [0.15, 0.2) is 12.2 Å². The van der Waals surface area contributed by atoms with Crippen LogP contribution in [0.1, 0.15) is 39.0 Å². The number of halogens is 1. The molecular weight excluding hydrogens is 339 g/mol. The van der Waals surface area contributed by atoms with E-state index in [9.17, 15) is 14.7 Å². The van der Waals surface area contributed by atoms with Crippen molar-refractivity contribution < 1.29 is 28.6 Å². The third-order valence-electron chi connectivity index (χ3n) is 8.73. The van der Waals surface area contributed by atoms with Crippen LogP contribution in [0.3, 0.4) is 0 Å². The summed E-state index contributed by atoms with van der Waals surface area (Å²) in [6.07, 6.45) is 0.796. The Kier molecular flexibility index (Phi) is 3.02. The molecule has 1 spiro atoms. The SMILES string of the molecule is C=C1C2CCC3C45CCC(O)C(C)(C(=O)O4)C5C(C(=O)OC)C3(C2)C1F. The highest BCUT2D eigenvalue weighted by Gasteiger charge is 2.85. The molecular formula is C20H25FO5. The molecule has 6 heteroatoms. The van der Waals surface area contributed by atoms with Gasteiger partial charge in [0.1, 0.15) is 11.8 Å². The number of carbonyl (C=O) groups is 2. The minimum absolute atomic E-state index is 0.0666. The van der Waals surface area contributed by atoms with E-state index in [1.807, 2.05) is 0 Å². The molecule has 5 rings (SSSR count). The number of fused-ring (bicyclic) bond motifs is 1. The number of rotatable bonds is 1. The van der Waals surface area contributed by atoms with Gasteiger partial charge in [0.2, 0.25) is 0 Å². The third-order valence-corrected chi connectivity index (χ3v) is 8.73. The van der Waals surface area contributed by atoms with Gasteiger partial charge in [-0.05, 0) is 50.5 Å². The average Bonchev–Trinajstić information content (AvgIpc) is 3.07. The predicted octanol–water partition coefficient (Wildman–Crippen LogP) is 2.17. The fourth-order valence-electron chi connectivity index (χ4n) is 7.73. The molecule has 1 saturated heterocycles. The average molecular weight is 364 g/mol. The molecule has 1 N–H and O–H groups in total. The maximum Gasteiger partial charge on any atom is 0.315 e. The highest BCUT2D eigenvalue weighted by molar-refractivity contribution is 5.86. The molecule has 5 aliphatic rings. The summed E-state index contributed by atoms with van der Waals surface area (Å²) in [6.45, 7) is 5.68. The number of allylic oxidation sites excluding steroid dienone is 1. The first-order valence-corrected chi connectivity index (χ1v) is 9.57. The van der Waals surface area contributed by atoms with Gasteiger partial charge in [-0.15, -0.1) is 0 Å². The highest BCUT2D eigenvalue weighted by atomic mass is 19.1. The van der Waals surface area contributed by atoms with Gasteiger partial charge in [0, 0.05) is 17.3 Å². The monoisotopic (exact) mass is 364 g/mol. The van der Waals surface area contributed by atoms with Crippen LogP contribution in [0, 0.1) is 34.5 Å². The summed E-state index contributed by atoms with van der Waals surface area (Å²) in [5, 5.41) is 10.7. The van der Waals surface area contributed by atoms with Crippen molar-refractivity contribution in [2.45, 2.75) is 56.9 Å². The van der Waals surface area contributed by atoms with Crippen LogP contribution in [0.2, 0.25) is 0 Å². The van der Waals surface area contributed by atoms with Crippen molar-refractivity contribution in [1.29, 1.82) is 0 Å². The number of aliphatic hydroxyl groups excluding tert-OH is 1. The Morgan fingerprint density at radius 3 is 2.81 bits per heavy atom. The number of aliphatic hydroxyl groups is 1. The molecule has 0 aromatic rings. The van der Waals surface area contributed by atoms with Gasteiger partial charge in [0.05, 0.1) is 24.5 Å². The molecule has 1 aliphatic heterocycles. The lowest BCUT2D eigenvalue weighted by Crippen LogP contribution is -2.53. The number of hydrogen-bond acceptors (Lipinski definition) is 5. The maximum absolute atomic E-state index is 15.7. The summed E-state index contributed by atoms with van der Waals surface area (Å²) in [6, 6.07) is 0. The van der Waals surface area contributed by atoms with E-state index in [0.29, 0.717) is 31.3 Å². The minimum atomic E-state index is -1.30. The normalized spacial score (nSPS) is 56.8. The summed E-state index contributed by atoms with van der Waals surface area (Å²) in [5.41, 5.74) is -2.42. The molecule has 4 saturated carbocycles. The van der Waals surface area contributed by atoms with Crippen LogP contribution in [-0.4, -0.2) is 42.0 Å². The number of alkyl halides is 1. The van der Waals surface area contributed by atoms with E-state index in [2.05, 4.69) is 6.58 Å². The summed E-state index contributed by atoms with van der Waals surface area (Å²) >= 11 is 0. The van der Waals surface area contributed by atoms with Crippen LogP contribution in [0.5, 0.6) is 0 Å². The first-order valence-electron chi connectivity index (χ1n) is 9.57. The van der Waals surface area contributed by atoms with E-state index < -0.39 is 52.5 Å². The third kappa shape index (κ3) is 1.43. The van der Waals surface area contributed by atoms with Gasteiger partial charge in [0.15, 0.2) is 0 Å². The molecule has 0 amide bonds. The predicted molar refractivity (Wildman–Crippen MR) is 88.5 cm³/mol. The second-order valence-electron chi connectivity index (χ2n) is 9.24. The zero-order valence-corrected chi connectivity index (χ0v) is 15.2. The topological polar surface area (TPSA) is 72.8 Å². The fourth-order valence-corrected chi connectivity index (χ4v) is 7.73. The van der Waals surface area contributed by atoms with E-state index in [1.54, 1.807) is 6.92 Å². The van der Waals surface area contributed by atoms with Gasteiger partial charge in [0.25, 0.3) is 0 Å².